The Morgan fingerprint density at radius 1 is 1.47 bits per heavy atom. The zero-order valence-electron chi connectivity index (χ0n) is 10.7. The largest absolute Gasteiger partial charge is 0.480 e. The summed E-state index contributed by atoms with van der Waals surface area (Å²) >= 11 is 0. The molecule has 1 heterocycles. The maximum absolute atomic E-state index is 12.0. The van der Waals surface area contributed by atoms with Gasteiger partial charge in [-0.05, 0) is 18.4 Å². The van der Waals surface area contributed by atoms with Crippen LogP contribution in [0.2, 0.25) is 0 Å². The first-order valence-electron chi connectivity index (χ1n) is 6.21. The van der Waals surface area contributed by atoms with Crippen molar-refractivity contribution in [2.24, 2.45) is 17.8 Å². The molecule has 4 atom stereocenters. The first-order chi connectivity index (χ1) is 7.97. The van der Waals surface area contributed by atoms with Crippen molar-refractivity contribution in [3.63, 3.8) is 0 Å². The van der Waals surface area contributed by atoms with E-state index in [9.17, 15) is 9.59 Å². The molecule has 0 bridgehead atoms. The molecule has 1 aliphatic rings. The van der Waals surface area contributed by atoms with Gasteiger partial charge in [-0.15, -0.1) is 0 Å². The van der Waals surface area contributed by atoms with E-state index >= 15 is 0 Å². The van der Waals surface area contributed by atoms with E-state index < -0.39 is 12.0 Å². The molecule has 1 aliphatic heterocycles. The first-order valence-corrected chi connectivity index (χ1v) is 6.21. The molecule has 5 heteroatoms. The van der Waals surface area contributed by atoms with Crippen molar-refractivity contribution in [1.82, 2.24) is 10.6 Å². The smallest absolute Gasteiger partial charge is 0.326 e. The quantitative estimate of drug-likeness (QED) is 0.654. The highest BCUT2D eigenvalue weighted by Gasteiger charge is 2.33. The maximum Gasteiger partial charge on any atom is 0.326 e. The van der Waals surface area contributed by atoms with Gasteiger partial charge in [-0.1, -0.05) is 27.2 Å². The molecule has 1 fully saturated rings. The summed E-state index contributed by atoms with van der Waals surface area (Å²) in [6, 6.07) is -0.778. The number of carbonyl (C=O) groups excluding carboxylic acids is 1. The van der Waals surface area contributed by atoms with Gasteiger partial charge < -0.3 is 15.7 Å². The normalized spacial score (nSPS) is 27.5. The van der Waals surface area contributed by atoms with Crippen molar-refractivity contribution < 1.29 is 14.7 Å². The lowest BCUT2D eigenvalue weighted by molar-refractivity contribution is -0.144. The number of carboxylic acids is 1. The molecule has 0 saturated carbocycles. The van der Waals surface area contributed by atoms with Crippen molar-refractivity contribution in [3.8, 4) is 0 Å². The standard InChI is InChI=1S/C12H22N2O3/c1-4-7(2)10(12(16)17)14-11(15)9-6-13-5-8(9)3/h7-10,13H,4-6H2,1-3H3,(H,14,15)(H,16,17)/t7-,8+,9+,10-/m0/s1. The van der Waals surface area contributed by atoms with Gasteiger partial charge in [0.25, 0.3) is 0 Å². The van der Waals surface area contributed by atoms with E-state index in [2.05, 4.69) is 10.6 Å². The molecule has 17 heavy (non-hydrogen) atoms. The van der Waals surface area contributed by atoms with Gasteiger partial charge in [-0.3, -0.25) is 4.79 Å². The Hall–Kier alpha value is -1.10. The molecule has 0 aliphatic carbocycles. The Bertz CT molecular complexity index is 293. The predicted octanol–water partition coefficient (Wildman–Crippen LogP) is 0.457. The molecule has 1 amide bonds. The minimum Gasteiger partial charge on any atom is -0.480 e. The Morgan fingerprint density at radius 3 is 2.53 bits per heavy atom. The number of carboxylic acid groups (broad SMARTS) is 1. The number of hydrogen-bond acceptors (Lipinski definition) is 3. The minimum absolute atomic E-state index is 0.0545. The molecular formula is C12H22N2O3. The molecule has 0 spiro atoms. The van der Waals surface area contributed by atoms with Crippen LogP contribution in [0.3, 0.4) is 0 Å². The number of carbonyl (C=O) groups is 2. The third kappa shape index (κ3) is 3.43. The van der Waals surface area contributed by atoms with E-state index in [-0.39, 0.29) is 23.7 Å². The fraction of sp³-hybridized carbons (Fsp3) is 0.833. The number of aliphatic carboxylic acids is 1. The maximum atomic E-state index is 12.0. The minimum atomic E-state index is -0.952. The van der Waals surface area contributed by atoms with Crippen LogP contribution in [-0.2, 0) is 9.59 Å². The summed E-state index contributed by atoms with van der Waals surface area (Å²) in [4.78, 5) is 23.1. The Labute approximate surface area is 102 Å². The molecule has 1 saturated heterocycles. The van der Waals surface area contributed by atoms with Gasteiger partial charge in [0, 0.05) is 6.54 Å². The summed E-state index contributed by atoms with van der Waals surface area (Å²) in [5, 5.41) is 14.9. The lowest BCUT2D eigenvalue weighted by Gasteiger charge is -2.23. The van der Waals surface area contributed by atoms with Gasteiger partial charge in [0.1, 0.15) is 6.04 Å². The predicted molar refractivity (Wildman–Crippen MR) is 64.5 cm³/mol. The lowest BCUT2D eigenvalue weighted by Crippen LogP contribution is -2.48. The SMILES string of the molecule is CC[C@H](C)[C@H](NC(=O)[C@@H]1CNC[C@H]1C)C(=O)O. The molecule has 0 radical (unpaired) electrons. The summed E-state index contributed by atoms with van der Waals surface area (Å²) in [5.74, 6) is -0.995. The molecule has 5 nitrogen and oxygen atoms in total. The fourth-order valence-electron chi connectivity index (χ4n) is 2.10. The van der Waals surface area contributed by atoms with Gasteiger partial charge in [-0.2, -0.15) is 0 Å². The molecule has 0 aromatic heterocycles. The molecule has 0 aromatic rings. The van der Waals surface area contributed by atoms with E-state index in [0.717, 1.165) is 13.0 Å². The lowest BCUT2D eigenvalue weighted by atomic mass is 9.94. The van der Waals surface area contributed by atoms with Gasteiger partial charge in [0.2, 0.25) is 5.91 Å². The van der Waals surface area contributed by atoms with Crippen LogP contribution in [0.15, 0.2) is 0 Å². The van der Waals surface area contributed by atoms with Crippen LogP contribution in [0.4, 0.5) is 0 Å². The summed E-state index contributed by atoms with van der Waals surface area (Å²) in [6.07, 6.45) is 0.732. The van der Waals surface area contributed by atoms with Crippen LogP contribution in [0, 0.1) is 17.8 Å². The van der Waals surface area contributed by atoms with Gasteiger partial charge in [0.15, 0.2) is 0 Å². The van der Waals surface area contributed by atoms with Crippen molar-refractivity contribution >= 4 is 11.9 Å². The number of nitrogens with one attached hydrogen (secondary N) is 2. The summed E-state index contributed by atoms with van der Waals surface area (Å²) in [6.45, 7) is 7.23. The fourth-order valence-corrected chi connectivity index (χ4v) is 2.10. The van der Waals surface area contributed by atoms with Gasteiger partial charge >= 0.3 is 5.97 Å². The summed E-state index contributed by atoms with van der Waals surface area (Å²) in [7, 11) is 0. The van der Waals surface area contributed by atoms with E-state index in [1.54, 1.807) is 0 Å². The average Bonchev–Trinajstić information content (AvgIpc) is 2.70. The van der Waals surface area contributed by atoms with Crippen LogP contribution in [0.25, 0.3) is 0 Å². The van der Waals surface area contributed by atoms with Gasteiger partial charge in [0.05, 0.1) is 5.92 Å². The monoisotopic (exact) mass is 242 g/mol. The Kier molecular flexibility index (Phi) is 4.93. The van der Waals surface area contributed by atoms with Crippen molar-refractivity contribution in [3.05, 3.63) is 0 Å². The van der Waals surface area contributed by atoms with Crippen LogP contribution in [0.5, 0.6) is 0 Å². The van der Waals surface area contributed by atoms with E-state index in [4.69, 9.17) is 5.11 Å². The second-order valence-electron chi connectivity index (χ2n) is 4.95. The molecule has 1 rings (SSSR count). The van der Waals surface area contributed by atoms with Crippen LogP contribution >= 0.6 is 0 Å². The summed E-state index contributed by atoms with van der Waals surface area (Å²) < 4.78 is 0. The van der Waals surface area contributed by atoms with Gasteiger partial charge in [-0.25, -0.2) is 4.79 Å². The van der Waals surface area contributed by atoms with Crippen LogP contribution in [-0.4, -0.2) is 36.1 Å². The molecular weight excluding hydrogens is 220 g/mol. The first kappa shape index (κ1) is 14.0. The van der Waals surface area contributed by atoms with Crippen molar-refractivity contribution in [2.75, 3.05) is 13.1 Å². The topological polar surface area (TPSA) is 78.4 Å². The van der Waals surface area contributed by atoms with E-state index in [0.29, 0.717) is 6.54 Å². The van der Waals surface area contributed by atoms with Crippen LogP contribution < -0.4 is 10.6 Å². The highest BCUT2D eigenvalue weighted by atomic mass is 16.4. The highest BCUT2D eigenvalue weighted by Crippen LogP contribution is 2.17. The average molecular weight is 242 g/mol. The second kappa shape index (κ2) is 6.00. The molecule has 3 N–H and O–H groups in total. The van der Waals surface area contributed by atoms with Crippen molar-refractivity contribution in [1.29, 1.82) is 0 Å². The number of amides is 1. The zero-order chi connectivity index (χ0) is 13.0. The van der Waals surface area contributed by atoms with Crippen molar-refractivity contribution in [2.45, 2.75) is 33.2 Å². The van der Waals surface area contributed by atoms with E-state index in [1.807, 2.05) is 20.8 Å². The van der Waals surface area contributed by atoms with E-state index in [1.165, 1.54) is 0 Å². The van der Waals surface area contributed by atoms with Crippen LogP contribution in [0.1, 0.15) is 27.2 Å². The third-order valence-electron chi connectivity index (χ3n) is 3.63. The third-order valence-corrected chi connectivity index (χ3v) is 3.63. The highest BCUT2D eigenvalue weighted by molar-refractivity contribution is 5.85. The second-order valence-corrected chi connectivity index (χ2v) is 4.95. The number of hydrogen-bond donors (Lipinski definition) is 3. The Morgan fingerprint density at radius 2 is 2.12 bits per heavy atom. The number of rotatable bonds is 5. The molecule has 98 valence electrons. The Balaban J connectivity index is 2.61. The molecule has 0 unspecified atom stereocenters. The summed E-state index contributed by atoms with van der Waals surface area (Å²) in [5.41, 5.74) is 0. The molecule has 0 aromatic carbocycles. The zero-order valence-corrected chi connectivity index (χ0v) is 10.7.